The largest absolute Gasteiger partial charge is 0.298 e. The molecular weight excluding hydrogens is 298 g/mol. The molecule has 0 N–H and O–H groups in total. The van der Waals surface area contributed by atoms with E-state index in [-0.39, 0.29) is 11.8 Å². The third kappa shape index (κ3) is 2.68. The van der Waals surface area contributed by atoms with Crippen LogP contribution in [0.3, 0.4) is 0 Å². The van der Waals surface area contributed by atoms with E-state index in [1.807, 2.05) is 36.1 Å². The number of nitrogens with zero attached hydrogens (tertiary/aromatic N) is 3. The number of hydrogen-bond acceptors (Lipinski definition) is 4. The Bertz CT molecular complexity index is 767. The molecule has 118 valence electrons. The standard InChI is InChI=1S/C16H21N3O2S/c1-3-19-13(8-10-17-19)9-11-18(2)15-12-22(20,21)16-7-5-4-6-14(15)16/h4-8,10,15H,3,9,11-12H2,1-2H3. The lowest BCUT2D eigenvalue weighted by atomic mass is 10.1. The third-order valence-electron chi connectivity index (χ3n) is 4.35. The van der Waals surface area contributed by atoms with Gasteiger partial charge in [0.2, 0.25) is 0 Å². The number of likely N-dealkylation sites (N-methyl/N-ethyl adjacent to an activating group) is 1. The van der Waals surface area contributed by atoms with Crippen molar-refractivity contribution in [1.82, 2.24) is 14.7 Å². The molecule has 5 nitrogen and oxygen atoms in total. The highest BCUT2D eigenvalue weighted by Gasteiger charge is 2.36. The van der Waals surface area contributed by atoms with Crippen molar-refractivity contribution in [2.24, 2.45) is 0 Å². The molecule has 0 spiro atoms. The van der Waals surface area contributed by atoms with Gasteiger partial charge in [0.25, 0.3) is 0 Å². The summed E-state index contributed by atoms with van der Waals surface area (Å²) in [5.74, 6) is 0.176. The lowest BCUT2D eigenvalue weighted by Crippen LogP contribution is -2.28. The molecule has 1 aromatic carbocycles. The van der Waals surface area contributed by atoms with Gasteiger partial charge in [-0.15, -0.1) is 0 Å². The van der Waals surface area contributed by atoms with Crippen molar-refractivity contribution in [2.75, 3.05) is 19.3 Å². The second kappa shape index (κ2) is 5.85. The van der Waals surface area contributed by atoms with Crippen molar-refractivity contribution in [3.8, 4) is 0 Å². The summed E-state index contributed by atoms with van der Waals surface area (Å²) in [7, 11) is -1.15. The van der Waals surface area contributed by atoms with Gasteiger partial charge in [-0.3, -0.25) is 9.58 Å². The van der Waals surface area contributed by atoms with Crippen LogP contribution in [0, 0.1) is 0 Å². The second-order valence-electron chi connectivity index (χ2n) is 5.70. The Hall–Kier alpha value is -1.66. The highest BCUT2D eigenvalue weighted by atomic mass is 32.2. The summed E-state index contributed by atoms with van der Waals surface area (Å²) in [5.41, 5.74) is 2.11. The smallest absolute Gasteiger partial charge is 0.180 e. The fourth-order valence-corrected chi connectivity index (χ4v) is 4.97. The normalized spacial score (nSPS) is 19.5. The van der Waals surface area contributed by atoms with E-state index in [2.05, 4.69) is 16.9 Å². The minimum atomic E-state index is -3.14. The highest BCUT2D eigenvalue weighted by Crippen LogP contribution is 2.36. The van der Waals surface area contributed by atoms with Gasteiger partial charge in [-0.1, -0.05) is 18.2 Å². The Morgan fingerprint density at radius 2 is 2.09 bits per heavy atom. The predicted molar refractivity (Wildman–Crippen MR) is 85.5 cm³/mol. The zero-order valence-electron chi connectivity index (χ0n) is 12.9. The molecule has 22 heavy (non-hydrogen) atoms. The average molecular weight is 319 g/mol. The van der Waals surface area contributed by atoms with Crippen molar-refractivity contribution in [1.29, 1.82) is 0 Å². The van der Waals surface area contributed by atoms with Crippen LogP contribution < -0.4 is 0 Å². The van der Waals surface area contributed by atoms with Crippen LogP contribution in [0.25, 0.3) is 0 Å². The minimum Gasteiger partial charge on any atom is -0.298 e. The molecule has 6 heteroatoms. The summed E-state index contributed by atoms with van der Waals surface area (Å²) in [6.45, 7) is 3.73. The first-order valence-electron chi connectivity index (χ1n) is 7.55. The van der Waals surface area contributed by atoms with E-state index in [1.165, 1.54) is 5.69 Å². The fourth-order valence-electron chi connectivity index (χ4n) is 3.10. The van der Waals surface area contributed by atoms with E-state index in [1.54, 1.807) is 12.1 Å². The number of sulfone groups is 1. The van der Waals surface area contributed by atoms with Crippen LogP contribution >= 0.6 is 0 Å². The van der Waals surface area contributed by atoms with Gasteiger partial charge in [0.15, 0.2) is 9.84 Å². The van der Waals surface area contributed by atoms with Gasteiger partial charge >= 0.3 is 0 Å². The zero-order chi connectivity index (χ0) is 15.7. The van der Waals surface area contributed by atoms with Crippen molar-refractivity contribution in [3.05, 3.63) is 47.8 Å². The number of hydrogen-bond donors (Lipinski definition) is 0. The molecule has 0 saturated carbocycles. The Kier molecular flexibility index (Phi) is 4.06. The van der Waals surface area contributed by atoms with E-state index in [0.29, 0.717) is 4.90 Å². The molecule has 0 fully saturated rings. The molecule has 0 saturated heterocycles. The van der Waals surface area contributed by atoms with Gasteiger partial charge < -0.3 is 0 Å². The van der Waals surface area contributed by atoms with Crippen LogP contribution in [0.2, 0.25) is 0 Å². The van der Waals surface area contributed by atoms with E-state index in [9.17, 15) is 8.42 Å². The Morgan fingerprint density at radius 3 is 2.86 bits per heavy atom. The maximum atomic E-state index is 12.3. The molecular formula is C16H21N3O2S. The van der Waals surface area contributed by atoms with Crippen molar-refractivity contribution in [2.45, 2.75) is 30.8 Å². The first-order chi connectivity index (χ1) is 10.5. The van der Waals surface area contributed by atoms with E-state index < -0.39 is 9.84 Å². The molecule has 1 aliphatic rings. The van der Waals surface area contributed by atoms with Crippen LogP contribution in [0.1, 0.15) is 24.2 Å². The number of aromatic nitrogens is 2. The number of benzene rings is 1. The molecule has 0 amide bonds. The fraction of sp³-hybridized carbons (Fsp3) is 0.438. The molecule has 2 aromatic rings. The third-order valence-corrected chi connectivity index (χ3v) is 6.14. The summed E-state index contributed by atoms with van der Waals surface area (Å²) >= 11 is 0. The molecule has 1 atom stereocenters. The lowest BCUT2D eigenvalue weighted by Gasteiger charge is -2.24. The summed E-state index contributed by atoms with van der Waals surface area (Å²) in [5, 5.41) is 4.27. The number of fused-ring (bicyclic) bond motifs is 1. The van der Waals surface area contributed by atoms with Gasteiger partial charge in [-0.05, 0) is 31.7 Å². The maximum absolute atomic E-state index is 12.3. The molecule has 1 aromatic heterocycles. The quantitative estimate of drug-likeness (QED) is 0.845. The summed E-state index contributed by atoms with van der Waals surface area (Å²) in [6, 6.07) is 9.31. The van der Waals surface area contributed by atoms with Crippen molar-refractivity contribution in [3.63, 3.8) is 0 Å². The second-order valence-corrected chi connectivity index (χ2v) is 7.71. The van der Waals surface area contributed by atoms with Gasteiger partial charge in [-0.25, -0.2) is 8.42 Å². The number of rotatable bonds is 5. The van der Waals surface area contributed by atoms with Crippen LogP contribution in [0.15, 0.2) is 41.4 Å². The summed E-state index contributed by atoms with van der Waals surface area (Å²) in [4.78, 5) is 2.63. The number of aryl methyl sites for hydroxylation is 1. The first kappa shape index (κ1) is 15.2. The molecule has 2 heterocycles. The lowest BCUT2D eigenvalue weighted by molar-refractivity contribution is 0.266. The first-order valence-corrected chi connectivity index (χ1v) is 9.21. The summed E-state index contributed by atoms with van der Waals surface area (Å²) < 4.78 is 26.5. The predicted octanol–water partition coefficient (Wildman–Crippen LogP) is 1.91. The zero-order valence-corrected chi connectivity index (χ0v) is 13.8. The molecule has 0 bridgehead atoms. The molecule has 1 unspecified atom stereocenters. The molecule has 0 radical (unpaired) electrons. The van der Waals surface area contributed by atoms with Gasteiger partial charge in [0.05, 0.1) is 16.7 Å². The summed E-state index contributed by atoms with van der Waals surface area (Å²) in [6.07, 6.45) is 2.68. The Morgan fingerprint density at radius 1 is 1.32 bits per heavy atom. The topological polar surface area (TPSA) is 55.2 Å². The van der Waals surface area contributed by atoms with Crippen LogP contribution in [0.4, 0.5) is 0 Å². The van der Waals surface area contributed by atoms with Crippen LogP contribution in [0.5, 0.6) is 0 Å². The average Bonchev–Trinajstić information content (AvgIpc) is 3.07. The van der Waals surface area contributed by atoms with Crippen LogP contribution in [-0.2, 0) is 22.8 Å². The van der Waals surface area contributed by atoms with E-state index >= 15 is 0 Å². The molecule has 3 rings (SSSR count). The minimum absolute atomic E-state index is 0.0563. The Labute approximate surface area is 131 Å². The van der Waals surface area contributed by atoms with Gasteiger partial charge in [0.1, 0.15) is 0 Å². The molecule has 0 aliphatic carbocycles. The van der Waals surface area contributed by atoms with E-state index in [0.717, 1.165) is 25.1 Å². The van der Waals surface area contributed by atoms with Crippen molar-refractivity contribution >= 4 is 9.84 Å². The van der Waals surface area contributed by atoms with Crippen LogP contribution in [-0.4, -0.2) is 42.4 Å². The highest BCUT2D eigenvalue weighted by molar-refractivity contribution is 7.91. The monoisotopic (exact) mass is 319 g/mol. The van der Waals surface area contributed by atoms with E-state index in [4.69, 9.17) is 0 Å². The molecule has 1 aliphatic heterocycles. The van der Waals surface area contributed by atoms with Gasteiger partial charge in [0, 0.05) is 31.4 Å². The SMILES string of the molecule is CCn1nccc1CCN(C)C1CS(=O)(=O)c2ccccc21. The van der Waals surface area contributed by atoms with Crippen molar-refractivity contribution < 1.29 is 8.42 Å². The maximum Gasteiger partial charge on any atom is 0.180 e. The van der Waals surface area contributed by atoms with Gasteiger partial charge in [-0.2, -0.15) is 5.10 Å². The Balaban J connectivity index is 1.75.